The Labute approximate surface area is 393 Å². The molecule has 0 spiro atoms. The highest BCUT2D eigenvalue weighted by Crippen LogP contribution is 2.45. The summed E-state index contributed by atoms with van der Waals surface area (Å²) in [5.74, 6) is -0.182. The highest BCUT2D eigenvalue weighted by Gasteiger charge is 2.45. The minimum atomic E-state index is -0.703. The minimum Gasteiger partial charge on any atom is -0.478 e. The summed E-state index contributed by atoms with van der Waals surface area (Å²) in [5.41, 5.74) is 3.29. The monoisotopic (exact) mass is 942 g/mol. The number of aromatic nitrogens is 3. The Balaban J connectivity index is 0.762. The summed E-state index contributed by atoms with van der Waals surface area (Å²) in [6, 6.07) is 10.5. The molecule has 350 valence electrons. The smallest absolute Gasteiger partial charge is 0.293 e. The van der Waals surface area contributed by atoms with Gasteiger partial charge in [0, 0.05) is 86.5 Å². The maximum atomic E-state index is 13.5. The number of ether oxygens (including phenoxy) is 2. The van der Waals surface area contributed by atoms with Crippen LogP contribution in [-0.2, 0) is 19.1 Å². The van der Waals surface area contributed by atoms with Gasteiger partial charge in [-0.05, 0) is 96.2 Å². The fraction of sp³-hybridized carbons (Fsp3) is 0.511. The average Bonchev–Trinajstić information content (AvgIpc) is 3.53. The Morgan fingerprint density at radius 1 is 0.970 bits per heavy atom. The molecule has 3 saturated heterocycles. The maximum absolute atomic E-state index is 13.5. The maximum Gasteiger partial charge on any atom is 0.293 e. The first-order valence-electron chi connectivity index (χ1n) is 22.9. The molecule has 3 atom stereocenters. The lowest BCUT2D eigenvalue weighted by atomic mass is 9.86. The number of nitrogens with one attached hydrogen (secondary N) is 3. The fourth-order valence-corrected chi connectivity index (χ4v) is 10.8. The van der Waals surface area contributed by atoms with Crippen LogP contribution in [0.5, 0.6) is 5.75 Å². The third kappa shape index (κ3) is 8.77. The third-order valence-electron chi connectivity index (χ3n) is 13.8. The van der Waals surface area contributed by atoms with E-state index in [4.69, 9.17) is 37.7 Å². The number of amides is 4. The van der Waals surface area contributed by atoms with E-state index in [1.165, 1.54) is 7.05 Å². The van der Waals surface area contributed by atoms with Crippen LogP contribution in [0.4, 0.5) is 23.1 Å². The van der Waals surface area contributed by atoms with E-state index in [0.29, 0.717) is 45.5 Å². The number of piperazine rings is 1. The van der Waals surface area contributed by atoms with Crippen LogP contribution in [0.15, 0.2) is 47.4 Å². The Hall–Kier alpha value is -5.49. The first-order valence-corrected chi connectivity index (χ1v) is 23.7. The molecule has 1 aliphatic carbocycles. The average molecular weight is 944 g/mol. The second-order valence-corrected chi connectivity index (χ2v) is 19.1. The predicted octanol–water partition coefficient (Wildman–Crippen LogP) is 5.60. The van der Waals surface area contributed by atoms with Gasteiger partial charge in [0.1, 0.15) is 11.1 Å². The number of imide groups is 1. The summed E-state index contributed by atoms with van der Waals surface area (Å²) >= 11 is 13.7. The lowest BCUT2D eigenvalue weighted by Gasteiger charge is -2.50. The number of fused-ring (bicyclic) bond motifs is 2. The number of rotatable bonds is 12. The first-order chi connectivity index (χ1) is 31.7. The van der Waals surface area contributed by atoms with E-state index in [1.807, 2.05) is 51.1 Å². The van der Waals surface area contributed by atoms with Gasteiger partial charge < -0.3 is 39.4 Å². The van der Waals surface area contributed by atoms with Gasteiger partial charge in [-0.25, -0.2) is 4.98 Å². The molecule has 4 amide bonds. The van der Waals surface area contributed by atoms with Crippen LogP contribution >= 0.6 is 23.2 Å². The topological polar surface area (TPSA) is 184 Å². The highest BCUT2D eigenvalue weighted by atomic mass is 35.5. The molecule has 0 bridgehead atoms. The first kappa shape index (κ1) is 45.7. The van der Waals surface area contributed by atoms with Gasteiger partial charge in [-0.15, -0.1) is 0 Å². The van der Waals surface area contributed by atoms with E-state index >= 15 is 0 Å². The fourth-order valence-electron chi connectivity index (χ4n) is 10.3. The highest BCUT2D eigenvalue weighted by molar-refractivity contribution is 6.35. The van der Waals surface area contributed by atoms with Gasteiger partial charge in [0.2, 0.25) is 17.8 Å². The molecule has 1 saturated carbocycles. The number of halogens is 2. The molecule has 19 heteroatoms. The van der Waals surface area contributed by atoms with Crippen molar-refractivity contribution < 1.29 is 28.7 Å². The Kier molecular flexibility index (Phi) is 12.9. The second-order valence-electron chi connectivity index (χ2n) is 18.3. The molecule has 5 aliphatic rings. The molecule has 17 nitrogen and oxygen atoms in total. The summed E-state index contributed by atoms with van der Waals surface area (Å²) in [4.78, 5) is 81.2. The number of hydrogen-bond donors (Lipinski definition) is 3. The zero-order valence-corrected chi connectivity index (χ0v) is 39.3. The van der Waals surface area contributed by atoms with Crippen molar-refractivity contribution in [2.24, 2.45) is 0 Å². The van der Waals surface area contributed by atoms with E-state index in [9.17, 15) is 24.0 Å². The van der Waals surface area contributed by atoms with Crippen LogP contribution in [0.25, 0.3) is 10.9 Å². The van der Waals surface area contributed by atoms with E-state index in [0.717, 1.165) is 80.6 Å². The molecule has 6 heterocycles. The molecule has 2 aromatic heterocycles. The molecular formula is C47H56Cl2N10O7. The van der Waals surface area contributed by atoms with Gasteiger partial charge in [-0.1, -0.05) is 23.2 Å². The number of hydrogen-bond acceptors (Lipinski definition) is 13. The van der Waals surface area contributed by atoms with E-state index in [-0.39, 0.29) is 72.4 Å². The zero-order chi connectivity index (χ0) is 46.6. The van der Waals surface area contributed by atoms with Crippen molar-refractivity contribution in [1.82, 2.24) is 35.0 Å². The number of carbonyl (C=O) groups is 4. The van der Waals surface area contributed by atoms with E-state index in [1.54, 1.807) is 21.7 Å². The molecule has 0 radical (unpaired) electrons. The molecule has 66 heavy (non-hydrogen) atoms. The number of piperidine rings is 2. The SMILES string of the molecule is CNC(=O)COc1cc2cc(Nc3nc(N4CCC(OC5CC(N6CCN(c7ccc8c(c7Cl)[C@@H](C)N([C@H]7CCC(=O)NC7=O)C8=O)[C@H](C)C6)C5)CC4)ncc3Cl)ccc2n(C(C)C)c1=O. The van der Waals surface area contributed by atoms with Crippen LogP contribution in [0, 0.1) is 0 Å². The van der Waals surface area contributed by atoms with Gasteiger partial charge in [-0.2, -0.15) is 4.98 Å². The van der Waals surface area contributed by atoms with Gasteiger partial charge in [0.05, 0.1) is 40.7 Å². The van der Waals surface area contributed by atoms with Crippen molar-refractivity contribution in [3.05, 3.63) is 74.1 Å². The molecule has 3 N–H and O–H groups in total. The number of likely N-dealkylation sites (N-methyl/N-ethyl adjacent to an activating group) is 1. The van der Waals surface area contributed by atoms with Crippen molar-refractivity contribution in [3.63, 3.8) is 0 Å². The second kappa shape index (κ2) is 18.7. The molecule has 2 aromatic carbocycles. The largest absolute Gasteiger partial charge is 0.478 e. The molecule has 9 rings (SSSR count). The number of carbonyl (C=O) groups excluding carboxylic acids is 4. The number of pyridine rings is 1. The van der Waals surface area contributed by atoms with E-state index in [2.05, 4.69) is 42.6 Å². The Morgan fingerprint density at radius 2 is 1.74 bits per heavy atom. The van der Waals surface area contributed by atoms with Gasteiger partial charge in [0.25, 0.3) is 17.4 Å². The van der Waals surface area contributed by atoms with Crippen LogP contribution < -0.4 is 36.0 Å². The van der Waals surface area contributed by atoms with Crippen molar-refractivity contribution in [2.75, 3.05) is 61.5 Å². The Bertz CT molecular complexity index is 2630. The van der Waals surface area contributed by atoms with Gasteiger partial charge >= 0.3 is 0 Å². The molecule has 0 unspecified atom stereocenters. The van der Waals surface area contributed by atoms with Gasteiger partial charge in [-0.3, -0.25) is 34.2 Å². The summed E-state index contributed by atoms with van der Waals surface area (Å²) in [5, 5.41) is 9.89. The van der Waals surface area contributed by atoms with Crippen LogP contribution in [0.1, 0.15) is 94.2 Å². The van der Waals surface area contributed by atoms with Crippen molar-refractivity contribution in [3.8, 4) is 5.75 Å². The van der Waals surface area contributed by atoms with Crippen LogP contribution in [-0.4, -0.2) is 125 Å². The molecule has 4 fully saturated rings. The lowest BCUT2D eigenvalue weighted by Crippen LogP contribution is -2.59. The van der Waals surface area contributed by atoms with Crippen molar-refractivity contribution in [1.29, 1.82) is 0 Å². The summed E-state index contributed by atoms with van der Waals surface area (Å²) in [6.45, 7) is 11.8. The molecule has 4 aliphatic heterocycles. The number of anilines is 4. The zero-order valence-electron chi connectivity index (χ0n) is 37.8. The van der Waals surface area contributed by atoms with Crippen molar-refractivity contribution >= 4 is 80.9 Å². The van der Waals surface area contributed by atoms with Crippen LogP contribution in [0.3, 0.4) is 0 Å². The number of benzene rings is 2. The molecule has 4 aromatic rings. The third-order valence-corrected chi connectivity index (χ3v) is 14.5. The normalized spacial score (nSPS) is 23.8. The number of nitrogens with zero attached hydrogens (tertiary/aromatic N) is 7. The van der Waals surface area contributed by atoms with E-state index < -0.39 is 11.9 Å². The summed E-state index contributed by atoms with van der Waals surface area (Å²) in [6.07, 6.45) is 6.18. The van der Waals surface area contributed by atoms with Crippen LogP contribution in [0.2, 0.25) is 10.0 Å². The van der Waals surface area contributed by atoms with Crippen molar-refractivity contribution in [2.45, 2.75) is 109 Å². The summed E-state index contributed by atoms with van der Waals surface area (Å²) in [7, 11) is 1.51. The lowest BCUT2D eigenvalue weighted by molar-refractivity contribution is -0.137. The molecular weight excluding hydrogens is 887 g/mol. The predicted molar refractivity (Wildman–Crippen MR) is 252 cm³/mol. The van der Waals surface area contributed by atoms with Gasteiger partial charge in [0.15, 0.2) is 18.2 Å². The minimum absolute atomic E-state index is 0.0898. The Morgan fingerprint density at radius 3 is 2.45 bits per heavy atom. The standard InChI is InChI=1S/C47H56Cl2N10O7/c1-25(2)58-35-8-6-29(18-28(35)19-38(46(58)64)65-24-40(61)50-5)52-43-34(48)22-51-47(54-43)55-14-12-31(13-15-55)66-32-20-30(21-32)56-16-17-57(26(3)23-56)36-9-7-33-41(42(36)49)27(4)59(45(33)63)37-10-11-39(60)53-44(37)62/h6-9,18-19,22,25-27,30-32,37H,10-17,20-21,23-24H2,1-5H3,(H,50,61)(H,51,52,54)(H,53,60,62)/t26-,27-,30?,32?,37+/m1/s1. The summed E-state index contributed by atoms with van der Waals surface area (Å²) < 4.78 is 13.9. The quantitative estimate of drug-likeness (QED) is 0.150.